The smallest absolute Gasteiger partial charge is 0.110 e. The second kappa shape index (κ2) is 8.69. The van der Waals surface area contributed by atoms with E-state index in [0.29, 0.717) is 0 Å². The first-order chi connectivity index (χ1) is 14.6. The van der Waals surface area contributed by atoms with Crippen molar-refractivity contribution in [1.29, 1.82) is 0 Å². The first-order valence-corrected chi connectivity index (χ1v) is 10.6. The Labute approximate surface area is 177 Å². The van der Waals surface area contributed by atoms with Gasteiger partial charge in [-0.05, 0) is 36.0 Å². The van der Waals surface area contributed by atoms with Crippen LogP contribution in [0.1, 0.15) is 36.0 Å². The Kier molecular flexibility index (Phi) is 6.01. The predicted octanol–water partition coefficient (Wildman–Crippen LogP) is 6.51. The fourth-order valence-corrected chi connectivity index (χ4v) is 5.56. The van der Waals surface area contributed by atoms with Crippen molar-refractivity contribution >= 4 is 0 Å². The molecule has 0 aromatic heterocycles. The molecule has 3 atom stereocenters. The highest BCUT2D eigenvalue weighted by Crippen LogP contribution is 2.59. The number of rotatable bonds is 6. The summed E-state index contributed by atoms with van der Waals surface area (Å²) < 4.78 is 36.9. The molecule has 0 spiro atoms. The molecular weight excluding hydrogens is 378 g/mol. The van der Waals surface area contributed by atoms with E-state index in [4.69, 9.17) is 4.74 Å². The van der Waals surface area contributed by atoms with E-state index < -0.39 is 23.2 Å². The Morgan fingerprint density at radius 2 is 1.20 bits per heavy atom. The molecule has 0 bridgehead atoms. The number of alkyl halides is 2. The minimum Gasteiger partial charge on any atom is -0.384 e. The van der Waals surface area contributed by atoms with Crippen molar-refractivity contribution < 1.29 is 13.5 Å². The van der Waals surface area contributed by atoms with Gasteiger partial charge >= 0.3 is 0 Å². The Balaban J connectivity index is 2.14. The average molecular weight is 407 g/mol. The Morgan fingerprint density at radius 3 is 1.60 bits per heavy atom. The van der Waals surface area contributed by atoms with Gasteiger partial charge in [-0.2, -0.15) is 0 Å². The molecule has 1 nitrogen and oxygen atoms in total. The average Bonchev–Trinajstić information content (AvgIpc) is 2.79. The molecule has 0 radical (unpaired) electrons. The van der Waals surface area contributed by atoms with Gasteiger partial charge in [0.2, 0.25) is 0 Å². The third-order valence-corrected chi connectivity index (χ3v) is 6.69. The van der Waals surface area contributed by atoms with Gasteiger partial charge in [-0.25, -0.2) is 8.78 Å². The second-order valence-corrected chi connectivity index (χ2v) is 8.28. The van der Waals surface area contributed by atoms with Crippen LogP contribution in [0.25, 0.3) is 0 Å². The van der Waals surface area contributed by atoms with E-state index in [1.54, 1.807) is 7.11 Å². The van der Waals surface area contributed by atoms with Crippen molar-refractivity contribution in [2.45, 2.75) is 37.0 Å². The van der Waals surface area contributed by atoms with E-state index in [1.165, 1.54) is 0 Å². The fourth-order valence-electron chi connectivity index (χ4n) is 5.56. The Hall–Kier alpha value is -2.52. The quantitative estimate of drug-likeness (QED) is 0.424. The highest BCUT2D eigenvalue weighted by atomic mass is 19.1. The molecule has 30 heavy (non-hydrogen) atoms. The number of benzene rings is 3. The minimum atomic E-state index is -1.20. The maximum atomic E-state index is 16.2. The molecule has 4 rings (SSSR count). The summed E-state index contributed by atoms with van der Waals surface area (Å²) in [7, 11) is 1.59. The molecule has 0 aliphatic heterocycles. The van der Waals surface area contributed by atoms with Gasteiger partial charge in [0.25, 0.3) is 0 Å². The molecule has 0 saturated heterocycles. The third-order valence-electron chi connectivity index (χ3n) is 6.69. The van der Waals surface area contributed by atoms with E-state index >= 15 is 8.78 Å². The van der Waals surface area contributed by atoms with Crippen molar-refractivity contribution in [1.82, 2.24) is 0 Å². The van der Waals surface area contributed by atoms with Gasteiger partial charge in [0, 0.05) is 12.5 Å². The molecule has 0 heterocycles. The van der Waals surface area contributed by atoms with Crippen LogP contribution in [0.5, 0.6) is 0 Å². The standard InChI is InChI=1S/C27H28F2O/c1-30-20-26(19-24(28)17-18-25(26)29)27(21-11-5-2-6-12-21,22-13-7-3-8-14-22)23-15-9-4-10-16-23/h2-16,24-25H,17-20H2,1H3. The lowest BCUT2D eigenvalue weighted by molar-refractivity contribution is -0.0725. The van der Waals surface area contributed by atoms with Crippen LogP contribution in [0.4, 0.5) is 8.78 Å². The first kappa shape index (κ1) is 20.7. The van der Waals surface area contributed by atoms with Crippen LogP contribution in [0.2, 0.25) is 0 Å². The lowest BCUT2D eigenvalue weighted by Gasteiger charge is -2.55. The van der Waals surface area contributed by atoms with Gasteiger partial charge in [0.1, 0.15) is 12.3 Å². The molecule has 1 fully saturated rings. The van der Waals surface area contributed by atoms with Crippen molar-refractivity contribution in [3.8, 4) is 0 Å². The van der Waals surface area contributed by atoms with Crippen LogP contribution in [0.15, 0.2) is 91.0 Å². The molecule has 1 aliphatic rings. The highest BCUT2D eigenvalue weighted by Gasteiger charge is 2.61. The molecular formula is C27H28F2O. The van der Waals surface area contributed by atoms with Crippen LogP contribution in [-0.4, -0.2) is 26.1 Å². The van der Waals surface area contributed by atoms with Gasteiger partial charge in [-0.3, -0.25) is 0 Å². The monoisotopic (exact) mass is 406 g/mol. The molecule has 1 saturated carbocycles. The normalized spacial score (nSPS) is 24.5. The molecule has 0 N–H and O–H groups in total. The van der Waals surface area contributed by atoms with E-state index in [-0.39, 0.29) is 25.9 Å². The summed E-state index contributed by atoms with van der Waals surface area (Å²) in [5.74, 6) is 0. The molecule has 3 aromatic rings. The van der Waals surface area contributed by atoms with Gasteiger partial charge in [-0.15, -0.1) is 0 Å². The van der Waals surface area contributed by atoms with Gasteiger partial charge in [-0.1, -0.05) is 91.0 Å². The summed E-state index contributed by atoms with van der Waals surface area (Å²) in [6.07, 6.45) is -1.71. The van der Waals surface area contributed by atoms with Crippen molar-refractivity contribution in [2.24, 2.45) is 5.41 Å². The lowest BCUT2D eigenvalue weighted by Crippen LogP contribution is -2.58. The summed E-state index contributed by atoms with van der Waals surface area (Å²) in [5.41, 5.74) is 0.893. The Bertz CT molecular complexity index is 832. The second-order valence-electron chi connectivity index (χ2n) is 8.28. The topological polar surface area (TPSA) is 9.23 Å². The van der Waals surface area contributed by atoms with E-state index in [9.17, 15) is 0 Å². The fraction of sp³-hybridized carbons (Fsp3) is 0.333. The van der Waals surface area contributed by atoms with Crippen LogP contribution >= 0.6 is 0 Å². The summed E-state index contributed by atoms with van der Waals surface area (Å²) >= 11 is 0. The predicted molar refractivity (Wildman–Crippen MR) is 117 cm³/mol. The highest BCUT2D eigenvalue weighted by molar-refractivity contribution is 5.54. The molecule has 3 heteroatoms. The zero-order chi connectivity index (χ0) is 21.0. The van der Waals surface area contributed by atoms with E-state index in [0.717, 1.165) is 16.7 Å². The zero-order valence-electron chi connectivity index (χ0n) is 17.3. The summed E-state index contributed by atoms with van der Waals surface area (Å²) in [6, 6.07) is 29.9. The summed E-state index contributed by atoms with van der Waals surface area (Å²) in [5, 5.41) is 0. The first-order valence-electron chi connectivity index (χ1n) is 10.6. The van der Waals surface area contributed by atoms with Crippen LogP contribution in [0.3, 0.4) is 0 Å². The molecule has 0 amide bonds. The lowest BCUT2D eigenvalue weighted by atomic mass is 9.49. The van der Waals surface area contributed by atoms with E-state index in [2.05, 4.69) is 0 Å². The summed E-state index contributed by atoms with van der Waals surface area (Å²) in [6.45, 7) is 0.132. The summed E-state index contributed by atoms with van der Waals surface area (Å²) in [4.78, 5) is 0. The zero-order valence-corrected chi connectivity index (χ0v) is 17.3. The SMILES string of the molecule is COCC1(C(c2ccccc2)(c2ccccc2)c2ccccc2)CC(F)CCC1F. The third kappa shape index (κ3) is 3.26. The van der Waals surface area contributed by atoms with Crippen LogP contribution in [-0.2, 0) is 10.2 Å². The maximum Gasteiger partial charge on any atom is 0.110 e. The molecule has 1 aliphatic carbocycles. The van der Waals surface area contributed by atoms with Crippen LogP contribution < -0.4 is 0 Å². The molecule has 3 unspecified atom stereocenters. The number of halogens is 2. The maximum absolute atomic E-state index is 16.2. The van der Waals surface area contributed by atoms with Gasteiger partial charge < -0.3 is 4.74 Å². The number of hydrogen-bond acceptors (Lipinski definition) is 1. The van der Waals surface area contributed by atoms with Crippen molar-refractivity contribution in [3.05, 3.63) is 108 Å². The van der Waals surface area contributed by atoms with Crippen molar-refractivity contribution in [2.75, 3.05) is 13.7 Å². The van der Waals surface area contributed by atoms with Gasteiger partial charge in [0.15, 0.2) is 0 Å². The van der Waals surface area contributed by atoms with E-state index in [1.807, 2.05) is 91.0 Å². The van der Waals surface area contributed by atoms with Crippen molar-refractivity contribution in [3.63, 3.8) is 0 Å². The number of hydrogen-bond donors (Lipinski definition) is 0. The molecule has 3 aromatic carbocycles. The molecule has 156 valence electrons. The number of methoxy groups -OCH3 is 1. The largest absolute Gasteiger partial charge is 0.384 e. The number of ether oxygens (including phenoxy) is 1. The Morgan fingerprint density at radius 1 is 0.767 bits per heavy atom. The minimum absolute atomic E-state index is 0.112. The van der Waals surface area contributed by atoms with Gasteiger partial charge in [0.05, 0.1) is 12.0 Å². The van der Waals surface area contributed by atoms with Crippen LogP contribution in [0, 0.1) is 5.41 Å².